The number of benzene rings is 2. The van der Waals surface area contributed by atoms with Gasteiger partial charge in [0.15, 0.2) is 5.78 Å². The zero-order chi connectivity index (χ0) is 13.4. The number of aromatic nitrogens is 1. The molecular weight excluding hydrogens is 281 g/mol. The number of carbonyl (C=O) groups is 1. The van der Waals surface area contributed by atoms with Gasteiger partial charge in [-0.15, -0.1) is 0 Å². The van der Waals surface area contributed by atoms with Crippen molar-refractivity contribution in [1.82, 2.24) is 4.98 Å². The smallest absolute Gasteiger partial charge is 0.195 e. The normalized spacial score (nSPS) is 10.8. The minimum Gasteiger partial charge on any atom is -0.359 e. The van der Waals surface area contributed by atoms with Crippen LogP contribution in [0.25, 0.3) is 10.9 Å². The summed E-state index contributed by atoms with van der Waals surface area (Å²) in [4.78, 5) is 15.5. The number of aromatic amines is 1. The second kappa shape index (κ2) is 4.72. The second-order valence-corrected chi connectivity index (χ2v) is 5.04. The zero-order valence-electron chi connectivity index (χ0n) is 9.78. The monoisotopic (exact) mass is 289 g/mol. The number of nitrogens with one attached hydrogen (secondary N) is 1. The van der Waals surface area contributed by atoms with Gasteiger partial charge in [0.05, 0.1) is 10.5 Å². The average Bonchev–Trinajstić information content (AvgIpc) is 2.84. The van der Waals surface area contributed by atoms with E-state index in [1.165, 1.54) is 0 Å². The molecule has 0 bridgehead atoms. The van der Waals surface area contributed by atoms with Crippen molar-refractivity contribution in [1.29, 1.82) is 0 Å². The molecule has 2 nitrogen and oxygen atoms in total. The molecule has 3 rings (SSSR count). The largest absolute Gasteiger partial charge is 0.359 e. The summed E-state index contributed by atoms with van der Waals surface area (Å²) in [7, 11) is 0. The Morgan fingerprint density at radius 3 is 2.47 bits per heavy atom. The van der Waals surface area contributed by atoms with E-state index in [9.17, 15) is 4.79 Å². The third kappa shape index (κ3) is 2.14. The molecule has 0 atom stereocenters. The van der Waals surface area contributed by atoms with E-state index < -0.39 is 0 Å². The predicted molar refractivity (Wildman–Crippen MR) is 78.2 cm³/mol. The maximum atomic E-state index is 12.4. The Morgan fingerprint density at radius 1 is 1.00 bits per heavy atom. The number of H-pyrrole nitrogens is 1. The number of hydrogen-bond acceptors (Lipinski definition) is 1. The molecule has 0 aliphatic rings. The van der Waals surface area contributed by atoms with Crippen molar-refractivity contribution >= 4 is 39.9 Å². The molecule has 0 aliphatic heterocycles. The third-order valence-corrected chi connectivity index (χ3v) is 3.58. The molecule has 0 fully saturated rings. The quantitative estimate of drug-likeness (QED) is 0.681. The molecule has 1 N–H and O–H groups in total. The number of ketones is 1. The fourth-order valence-electron chi connectivity index (χ4n) is 2.06. The Kier molecular flexibility index (Phi) is 3.05. The molecule has 1 heterocycles. The minimum atomic E-state index is -0.0508. The van der Waals surface area contributed by atoms with E-state index in [4.69, 9.17) is 23.2 Å². The molecule has 4 heteroatoms. The van der Waals surface area contributed by atoms with Crippen molar-refractivity contribution in [3.8, 4) is 0 Å². The number of rotatable bonds is 2. The summed E-state index contributed by atoms with van der Waals surface area (Å²) in [5.74, 6) is -0.0508. The molecule has 0 saturated heterocycles. The molecule has 94 valence electrons. The van der Waals surface area contributed by atoms with Crippen LogP contribution in [0.2, 0.25) is 10.0 Å². The molecule has 0 radical (unpaired) electrons. The molecule has 0 unspecified atom stereocenters. The Hall–Kier alpha value is -1.77. The van der Waals surface area contributed by atoms with Crippen LogP contribution in [0.15, 0.2) is 48.7 Å². The highest BCUT2D eigenvalue weighted by Gasteiger charge is 2.15. The fraction of sp³-hybridized carbons (Fsp3) is 0. The summed E-state index contributed by atoms with van der Waals surface area (Å²) >= 11 is 11.9. The standard InChI is InChI=1S/C15H9Cl2NO/c16-10-6-4-9(5-7-10)15(19)12-8-18-14-11(12)2-1-3-13(14)17/h1-8,18H. The zero-order valence-corrected chi connectivity index (χ0v) is 11.3. The second-order valence-electron chi connectivity index (χ2n) is 4.20. The summed E-state index contributed by atoms with van der Waals surface area (Å²) in [6.07, 6.45) is 1.69. The summed E-state index contributed by atoms with van der Waals surface area (Å²) in [5.41, 5.74) is 1.99. The molecule has 3 aromatic rings. The first-order chi connectivity index (χ1) is 9.16. The summed E-state index contributed by atoms with van der Waals surface area (Å²) in [6, 6.07) is 12.3. The maximum absolute atomic E-state index is 12.4. The lowest BCUT2D eigenvalue weighted by molar-refractivity contribution is 0.104. The van der Waals surface area contributed by atoms with Gasteiger partial charge in [-0.2, -0.15) is 0 Å². The van der Waals surface area contributed by atoms with Crippen molar-refractivity contribution in [2.45, 2.75) is 0 Å². The predicted octanol–water partition coefficient (Wildman–Crippen LogP) is 4.71. The molecule has 0 spiro atoms. The van der Waals surface area contributed by atoms with Gasteiger partial charge in [-0.3, -0.25) is 4.79 Å². The van der Waals surface area contributed by atoms with Gasteiger partial charge < -0.3 is 4.98 Å². The van der Waals surface area contributed by atoms with Gasteiger partial charge in [-0.05, 0) is 30.3 Å². The van der Waals surface area contributed by atoms with E-state index in [2.05, 4.69) is 4.98 Å². The summed E-state index contributed by atoms with van der Waals surface area (Å²) < 4.78 is 0. The van der Waals surface area contributed by atoms with Crippen LogP contribution in [0.4, 0.5) is 0 Å². The SMILES string of the molecule is O=C(c1ccc(Cl)cc1)c1c[nH]c2c(Cl)cccc12. The summed E-state index contributed by atoms with van der Waals surface area (Å²) in [6.45, 7) is 0. The van der Waals surface area contributed by atoms with Crippen LogP contribution < -0.4 is 0 Å². The number of fused-ring (bicyclic) bond motifs is 1. The first kappa shape index (κ1) is 12.3. The Balaban J connectivity index is 2.12. The van der Waals surface area contributed by atoms with Crippen LogP contribution >= 0.6 is 23.2 Å². The van der Waals surface area contributed by atoms with E-state index in [0.717, 1.165) is 10.9 Å². The molecule has 0 amide bonds. The Labute approximate surface area is 120 Å². The molecule has 1 aromatic heterocycles. The number of halogens is 2. The minimum absolute atomic E-state index is 0.0508. The van der Waals surface area contributed by atoms with Crippen molar-refractivity contribution in [2.75, 3.05) is 0 Å². The fourth-order valence-corrected chi connectivity index (χ4v) is 2.42. The van der Waals surface area contributed by atoms with Crippen molar-refractivity contribution in [2.24, 2.45) is 0 Å². The molecular formula is C15H9Cl2NO. The van der Waals surface area contributed by atoms with Gasteiger partial charge in [0.2, 0.25) is 0 Å². The lowest BCUT2D eigenvalue weighted by Crippen LogP contribution is -1.99. The number of carbonyl (C=O) groups excluding carboxylic acids is 1. The first-order valence-electron chi connectivity index (χ1n) is 5.72. The molecule has 0 saturated carbocycles. The average molecular weight is 290 g/mol. The van der Waals surface area contributed by atoms with Crippen LogP contribution in [0.5, 0.6) is 0 Å². The number of para-hydroxylation sites is 1. The number of hydrogen-bond donors (Lipinski definition) is 1. The lowest BCUT2D eigenvalue weighted by Gasteiger charge is -2.00. The first-order valence-corrected chi connectivity index (χ1v) is 6.48. The van der Waals surface area contributed by atoms with Crippen molar-refractivity contribution < 1.29 is 4.79 Å². The van der Waals surface area contributed by atoms with Gasteiger partial charge in [-0.1, -0.05) is 35.3 Å². The van der Waals surface area contributed by atoms with Crippen LogP contribution in [0, 0.1) is 0 Å². The molecule has 0 aliphatic carbocycles. The van der Waals surface area contributed by atoms with E-state index in [1.54, 1.807) is 36.5 Å². The van der Waals surface area contributed by atoms with Crippen LogP contribution in [-0.2, 0) is 0 Å². The van der Waals surface area contributed by atoms with Crippen LogP contribution in [0.1, 0.15) is 15.9 Å². The molecule has 19 heavy (non-hydrogen) atoms. The van der Waals surface area contributed by atoms with Gasteiger partial charge in [0.1, 0.15) is 0 Å². The topological polar surface area (TPSA) is 32.9 Å². The van der Waals surface area contributed by atoms with Crippen molar-refractivity contribution in [3.63, 3.8) is 0 Å². The van der Waals surface area contributed by atoms with E-state index in [1.807, 2.05) is 12.1 Å². The van der Waals surface area contributed by atoms with Crippen molar-refractivity contribution in [3.05, 3.63) is 69.8 Å². The van der Waals surface area contributed by atoms with E-state index in [0.29, 0.717) is 21.2 Å². The van der Waals surface area contributed by atoms with E-state index >= 15 is 0 Å². The van der Waals surface area contributed by atoms with Gasteiger partial charge in [-0.25, -0.2) is 0 Å². The third-order valence-electron chi connectivity index (χ3n) is 3.02. The maximum Gasteiger partial charge on any atom is 0.195 e. The van der Waals surface area contributed by atoms with E-state index in [-0.39, 0.29) is 5.78 Å². The van der Waals surface area contributed by atoms with Gasteiger partial charge in [0.25, 0.3) is 0 Å². The Bertz CT molecular complexity index is 759. The van der Waals surface area contributed by atoms with Crippen LogP contribution in [-0.4, -0.2) is 10.8 Å². The lowest BCUT2D eigenvalue weighted by atomic mass is 10.0. The highest BCUT2D eigenvalue weighted by molar-refractivity contribution is 6.36. The highest BCUT2D eigenvalue weighted by atomic mass is 35.5. The van der Waals surface area contributed by atoms with Gasteiger partial charge in [0, 0.05) is 27.7 Å². The highest BCUT2D eigenvalue weighted by Crippen LogP contribution is 2.27. The van der Waals surface area contributed by atoms with Crippen LogP contribution in [0.3, 0.4) is 0 Å². The molecule has 2 aromatic carbocycles. The Morgan fingerprint density at radius 2 is 1.74 bits per heavy atom. The van der Waals surface area contributed by atoms with Gasteiger partial charge >= 0.3 is 0 Å². The summed E-state index contributed by atoms with van der Waals surface area (Å²) in [5, 5.41) is 2.04.